The minimum Gasteiger partial charge on any atom is -0.329 e. The van der Waals surface area contributed by atoms with Crippen molar-refractivity contribution >= 4 is 33.8 Å². The molecule has 0 saturated carbocycles. The molecule has 50 valence electrons. The van der Waals surface area contributed by atoms with Crippen LogP contribution < -0.4 is 0 Å². The summed E-state index contributed by atoms with van der Waals surface area (Å²) in [6.07, 6.45) is 3.30. The van der Waals surface area contributed by atoms with Crippen LogP contribution in [0.1, 0.15) is 0 Å². The van der Waals surface area contributed by atoms with Gasteiger partial charge in [-0.25, -0.2) is 15.0 Å². The van der Waals surface area contributed by atoms with Crippen LogP contribution >= 0.6 is 22.6 Å². The Balaban J connectivity index is 2.86. The molecule has 0 unspecified atom stereocenters. The van der Waals surface area contributed by atoms with Crippen molar-refractivity contribution < 1.29 is 0 Å². The summed E-state index contributed by atoms with van der Waals surface area (Å²) >= 11 is 2.06. The van der Waals surface area contributed by atoms with Gasteiger partial charge < -0.3 is 4.98 Å². The highest BCUT2D eigenvalue weighted by atomic mass is 127. The zero-order chi connectivity index (χ0) is 6.97. The molecule has 0 saturated heterocycles. The number of aromatic nitrogens is 4. The molecular formula is C5H3IN4. The molecule has 10 heavy (non-hydrogen) atoms. The third-order valence-corrected chi connectivity index (χ3v) is 1.66. The molecule has 0 aliphatic heterocycles. The van der Waals surface area contributed by atoms with Crippen LogP contribution in [0.3, 0.4) is 0 Å². The molecular weight excluding hydrogens is 243 g/mol. The van der Waals surface area contributed by atoms with E-state index in [1.165, 1.54) is 0 Å². The molecule has 5 heteroatoms. The quantitative estimate of drug-likeness (QED) is 0.556. The number of halogens is 1. The standard InChI is InChI=1S/C5H3IN4/c6-5-7-1-3-4(10-5)9-2-8-3/h1-2H,(H,7,8,9,10). The minimum absolute atomic E-state index is 0.731. The lowest BCUT2D eigenvalue weighted by atomic mass is 10.6. The van der Waals surface area contributed by atoms with Gasteiger partial charge in [-0.3, -0.25) is 0 Å². The Morgan fingerprint density at radius 1 is 1.40 bits per heavy atom. The van der Waals surface area contributed by atoms with E-state index in [1.54, 1.807) is 12.5 Å². The predicted octanol–water partition coefficient (Wildman–Crippen LogP) is 0.958. The van der Waals surface area contributed by atoms with Crippen LogP contribution in [0.15, 0.2) is 12.5 Å². The first-order chi connectivity index (χ1) is 4.86. The van der Waals surface area contributed by atoms with Crippen molar-refractivity contribution in [2.45, 2.75) is 0 Å². The predicted molar refractivity (Wildman–Crippen MR) is 44.4 cm³/mol. The number of H-pyrrole nitrogens is 1. The topological polar surface area (TPSA) is 54.5 Å². The molecule has 2 rings (SSSR count). The SMILES string of the molecule is Ic1ncc2nc[nH]c2n1. The number of hydrogen-bond donors (Lipinski definition) is 1. The highest BCUT2D eigenvalue weighted by Crippen LogP contribution is 2.04. The Morgan fingerprint density at radius 3 is 3.20 bits per heavy atom. The van der Waals surface area contributed by atoms with Crippen molar-refractivity contribution in [1.29, 1.82) is 0 Å². The minimum atomic E-state index is 0.731. The van der Waals surface area contributed by atoms with E-state index in [0.717, 1.165) is 15.0 Å². The highest BCUT2D eigenvalue weighted by molar-refractivity contribution is 14.1. The van der Waals surface area contributed by atoms with Crippen LogP contribution in [-0.4, -0.2) is 19.9 Å². The van der Waals surface area contributed by atoms with E-state index < -0.39 is 0 Å². The normalized spacial score (nSPS) is 10.5. The number of fused-ring (bicyclic) bond motifs is 1. The molecule has 0 atom stereocenters. The second kappa shape index (κ2) is 2.15. The highest BCUT2D eigenvalue weighted by Gasteiger charge is 1.96. The molecule has 0 aromatic carbocycles. The first-order valence-electron chi connectivity index (χ1n) is 2.68. The van der Waals surface area contributed by atoms with E-state index in [-0.39, 0.29) is 0 Å². The molecule has 0 spiro atoms. The number of nitrogens with one attached hydrogen (secondary N) is 1. The summed E-state index contributed by atoms with van der Waals surface area (Å²) in [5, 5.41) is 0. The summed E-state index contributed by atoms with van der Waals surface area (Å²) in [5.74, 6) is 0. The lowest BCUT2D eigenvalue weighted by Crippen LogP contribution is -1.85. The van der Waals surface area contributed by atoms with Crippen LogP contribution in [0.5, 0.6) is 0 Å². The van der Waals surface area contributed by atoms with E-state index >= 15 is 0 Å². The molecule has 2 aromatic rings. The first kappa shape index (κ1) is 6.02. The van der Waals surface area contributed by atoms with Crippen molar-refractivity contribution in [3.05, 3.63) is 16.4 Å². The molecule has 2 aromatic heterocycles. The lowest BCUT2D eigenvalue weighted by molar-refractivity contribution is 1.14. The second-order valence-electron chi connectivity index (χ2n) is 1.78. The van der Waals surface area contributed by atoms with Gasteiger partial charge in [0.2, 0.25) is 0 Å². The van der Waals surface area contributed by atoms with E-state index in [9.17, 15) is 0 Å². The van der Waals surface area contributed by atoms with Gasteiger partial charge in [0.05, 0.1) is 12.5 Å². The van der Waals surface area contributed by atoms with Gasteiger partial charge in [0.15, 0.2) is 9.48 Å². The molecule has 0 aliphatic rings. The van der Waals surface area contributed by atoms with Crippen LogP contribution in [0, 0.1) is 3.83 Å². The summed E-state index contributed by atoms with van der Waals surface area (Å²) in [6.45, 7) is 0. The molecule has 0 bridgehead atoms. The van der Waals surface area contributed by atoms with Gasteiger partial charge >= 0.3 is 0 Å². The van der Waals surface area contributed by atoms with Crippen molar-refractivity contribution in [2.75, 3.05) is 0 Å². The van der Waals surface area contributed by atoms with E-state index in [0.29, 0.717) is 0 Å². The van der Waals surface area contributed by atoms with Gasteiger partial charge in [-0.2, -0.15) is 0 Å². The number of aromatic amines is 1. The molecule has 0 amide bonds. The van der Waals surface area contributed by atoms with E-state index in [4.69, 9.17) is 0 Å². The number of imidazole rings is 1. The van der Waals surface area contributed by atoms with Gasteiger partial charge in [0.1, 0.15) is 5.52 Å². The summed E-state index contributed by atoms with van der Waals surface area (Å²) in [4.78, 5) is 14.9. The van der Waals surface area contributed by atoms with Gasteiger partial charge in [0.25, 0.3) is 0 Å². The van der Waals surface area contributed by atoms with Crippen LogP contribution in [-0.2, 0) is 0 Å². The smallest absolute Gasteiger partial charge is 0.192 e. The maximum absolute atomic E-state index is 4.09. The van der Waals surface area contributed by atoms with Crippen LogP contribution in [0.25, 0.3) is 11.2 Å². The second-order valence-corrected chi connectivity index (χ2v) is 2.74. The molecule has 0 aliphatic carbocycles. The molecule has 0 fully saturated rings. The average Bonchev–Trinajstić information content (AvgIpc) is 2.33. The molecule has 2 heterocycles. The van der Waals surface area contributed by atoms with Gasteiger partial charge in [-0.05, 0) is 0 Å². The summed E-state index contributed by atoms with van der Waals surface area (Å²) in [5.41, 5.74) is 1.60. The molecule has 1 N–H and O–H groups in total. The number of rotatable bonds is 0. The fraction of sp³-hybridized carbons (Fsp3) is 0. The maximum Gasteiger partial charge on any atom is 0.192 e. The third kappa shape index (κ3) is 0.859. The maximum atomic E-state index is 4.09. The third-order valence-electron chi connectivity index (χ3n) is 1.14. The molecule has 0 radical (unpaired) electrons. The average molecular weight is 246 g/mol. The first-order valence-corrected chi connectivity index (χ1v) is 3.76. The van der Waals surface area contributed by atoms with Crippen molar-refractivity contribution in [3.63, 3.8) is 0 Å². The Labute approximate surface area is 70.2 Å². The lowest BCUT2D eigenvalue weighted by Gasteiger charge is -1.86. The van der Waals surface area contributed by atoms with Gasteiger partial charge in [-0.1, -0.05) is 0 Å². The largest absolute Gasteiger partial charge is 0.329 e. The fourth-order valence-electron chi connectivity index (χ4n) is 0.718. The van der Waals surface area contributed by atoms with E-state index in [2.05, 4.69) is 42.5 Å². The van der Waals surface area contributed by atoms with Crippen molar-refractivity contribution in [3.8, 4) is 0 Å². The van der Waals surface area contributed by atoms with Crippen LogP contribution in [0.4, 0.5) is 0 Å². The molecule has 4 nitrogen and oxygen atoms in total. The summed E-state index contributed by atoms with van der Waals surface area (Å²) < 4.78 is 0.731. The van der Waals surface area contributed by atoms with Crippen molar-refractivity contribution in [2.24, 2.45) is 0 Å². The number of hydrogen-bond acceptors (Lipinski definition) is 3. The zero-order valence-electron chi connectivity index (χ0n) is 4.87. The summed E-state index contributed by atoms with van der Waals surface area (Å²) in [6, 6.07) is 0. The Hall–Kier alpha value is -0.720. The zero-order valence-corrected chi connectivity index (χ0v) is 7.03. The number of nitrogens with zero attached hydrogens (tertiary/aromatic N) is 3. The van der Waals surface area contributed by atoms with E-state index in [1.807, 2.05) is 0 Å². The van der Waals surface area contributed by atoms with Crippen molar-refractivity contribution in [1.82, 2.24) is 19.9 Å². The summed E-state index contributed by atoms with van der Waals surface area (Å²) in [7, 11) is 0. The monoisotopic (exact) mass is 246 g/mol. The van der Waals surface area contributed by atoms with Gasteiger partial charge in [0, 0.05) is 22.6 Å². The fourth-order valence-corrected chi connectivity index (χ4v) is 1.10. The Bertz CT molecular complexity index is 355. The van der Waals surface area contributed by atoms with Gasteiger partial charge in [-0.15, -0.1) is 0 Å². The van der Waals surface area contributed by atoms with Crippen LogP contribution in [0.2, 0.25) is 0 Å². The Morgan fingerprint density at radius 2 is 2.30 bits per heavy atom. The Kier molecular flexibility index (Phi) is 1.30.